The molecular weight excluding hydrogens is 285 g/mol. The van der Waals surface area contributed by atoms with Gasteiger partial charge in [-0.15, -0.1) is 0 Å². The molecule has 2 atom stereocenters. The van der Waals surface area contributed by atoms with Crippen molar-refractivity contribution >= 4 is 15.9 Å². The minimum absolute atomic E-state index is 0.207. The van der Waals surface area contributed by atoms with E-state index >= 15 is 0 Å². The molecule has 1 aromatic rings. The fraction of sp³-hybridized carbons (Fsp3) is 0.538. The van der Waals surface area contributed by atoms with Crippen molar-refractivity contribution in [1.82, 2.24) is 5.32 Å². The van der Waals surface area contributed by atoms with Crippen molar-refractivity contribution in [2.45, 2.75) is 26.0 Å². The molecule has 2 rings (SSSR count). The first-order valence-electron chi connectivity index (χ1n) is 5.93. The van der Waals surface area contributed by atoms with Gasteiger partial charge in [0.15, 0.2) is 0 Å². The summed E-state index contributed by atoms with van der Waals surface area (Å²) in [4.78, 5) is 0. The zero-order valence-corrected chi connectivity index (χ0v) is 11.5. The molecule has 0 saturated carbocycles. The average Bonchev–Trinajstić information content (AvgIpc) is 2.70. The van der Waals surface area contributed by atoms with Crippen molar-refractivity contribution in [3.63, 3.8) is 0 Å². The number of nitrogens with one attached hydrogen (secondary N) is 1. The van der Waals surface area contributed by atoms with E-state index < -0.39 is 0 Å². The minimum Gasteiger partial charge on any atom is -0.378 e. The molecule has 0 spiro atoms. The van der Waals surface area contributed by atoms with Crippen molar-refractivity contribution < 1.29 is 9.13 Å². The molecule has 0 amide bonds. The molecule has 1 aromatic carbocycles. The number of benzene rings is 1. The SMILES string of the molecule is CC1OCCC1CNCc1ccc(Br)c(F)c1. The molecule has 1 aliphatic heterocycles. The lowest BCUT2D eigenvalue weighted by molar-refractivity contribution is 0.105. The van der Waals surface area contributed by atoms with Gasteiger partial charge in [-0.25, -0.2) is 4.39 Å². The number of hydrogen-bond acceptors (Lipinski definition) is 2. The van der Waals surface area contributed by atoms with Crippen LogP contribution in [0.5, 0.6) is 0 Å². The van der Waals surface area contributed by atoms with Crippen LogP contribution in [-0.2, 0) is 11.3 Å². The van der Waals surface area contributed by atoms with E-state index in [9.17, 15) is 4.39 Å². The third-order valence-electron chi connectivity index (χ3n) is 3.25. The monoisotopic (exact) mass is 301 g/mol. The standard InChI is InChI=1S/C13H17BrFNO/c1-9-11(4-5-17-9)8-16-7-10-2-3-12(14)13(15)6-10/h2-3,6,9,11,16H,4-5,7-8H2,1H3. The van der Waals surface area contributed by atoms with E-state index in [1.807, 2.05) is 6.07 Å². The smallest absolute Gasteiger partial charge is 0.137 e. The molecule has 1 saturated heterocycles. The van der Waals surface area contributed by atoms with Gasteiger partial charge < -0.3 is 10.1 Å². The van der Waals surface area contributed by atoms with Crippen molar-refractivity contribution in [2.24, 2.45) is 5.92 Å². The largest absolute Gasteiger partial charge is 0.378 e. The fourth-order valence-electron chi connectivity index (χ4n) is 2.10. The average molecular weight is 302 g/mol. The predicted octanol–water partition coefficient (Wildman–Crippen LogP) is 3.10. The molecule has 1 N–H and O–H groups in total. The molecule has 0 bridgehead atoms. The van der Waals surface area contributed by atoms with Crippen LogP contribution in [0.1, 0.15) is 18.9 Å². The van der Waals surface area contributed by atoms with E-state index in [1.165, 1.54) is 0 Å². The highest BCUT2D eigenvalue weighted by Crippen LogP contribution is 2.20. The Balaban J connectivity index is 1.79. The van der Waals surface area contributed by atoms with E-state index in [1.54, 1.807) is 12.1 Å². The molecule has 4 heteroatoms. The van der Waals surface area contributed by atoms with Gasteiger partial charge in [-0.3, -0.25) is 0 Å². The zero-order valence-electron chi connectivity index (χ0n) is 9.88. The van der Waals surface area contributed by atoms with E-state index in [0.717, 1.165) is 25.1 Å². The molecule has 0 aromatic heterocycles. The highest BCUT2D eigenvalue weighted by atomic mass is 79.9. The maximum atomic E-state index is 13.3. The van der Waals surface area contributed by atoms with Crippen LogP contribution in [0.25, 0.3) is 0 Å². The summed E-state index contributed by atoms with van der Waals surface area (Å²) in [6.07, 6.45) is 1.45. The summed E-state index contributed by atoms with van der Waals surface area (Å²) in [5.74, 6) is 0.372. The molecule has 1 aliphatic rings. The van der Waals surface area contributed by atoms with Crippen LogP contribution in [0.4, 0.5) is 4.39 Å². The van der Waals surface area contributed by atoms with E-state index in [4.69, 9.17) is 4.74 Å². The van der Waals surface area contributed by atoms with Crippen LogP contribution in [0, 0.1) is 11.7 Å². The molecule has 0 aliphatic carbocycles. The van der Waals surface area contributed by atoms with E-state index in [2.05, 4.69) is 28.2 Å². The number of halogens is 2. The predicted molar refractivity (Wildman–Crippen MR) is 69.3 cm³/mol. The highest BCUT2D eigenvalue weighted by molar-refractivity contribution is 9.10. The second kappa shape index (κ2) is 5.94. The van der Waals surface area contributed by atoms with Gasteiger partial charge in [-0.1, -0.05) is 6.07 Å². The van der Waals surface area contributed by atoms with Crippen LogP contribution in [0.15, 0.2) is 22.7 Å². The Morgan fingerprint density at radius 3 is 3.00 bits per heavy atom. The van der Waals surface area contributed by atoms with Crippen molar-refractivity contribution in [3.05, 3.63) is 34.1 Å². The quantitative estimate of drug-likeness (QED) is 0.923. The summed E-state index contributed by atoms with van der Waals surface area (Å²) in [6.45, 7) is 4.60. The van der Waals surface area contributed by atoms with Crippen LogP contribution >= 0.6 is 15.9 Å². The second-order valence-corrected chi connectivity index (χ2v) is 5.36. The summed E-state index contributed by atoms with van der Waals surface area (Å²) < 4.78 is 19.3. The number of hydrogen-bond donors (Lipinski definition) is 1. The van der Waals surface area contributed by atoms with Crippen LogP contribution in [0.3, 0.4) is 0 Å². The lowest BCUT2D eigenvalue weighted by atomic mass is 10.0. The van der Waals surface area contributed by atoms with E-state index in [-0.39, 0.29) is 5.82 Å². The Morgan fingerprint density at radius 1 is 1.53 bits per heavy atom. The summed E-state index contributed by atoms with van der Waals surface area (Å²) in [5, 5.41) is 3.36. The van der Waals surface area contributed by atoms with Crippen molar-refractivity contribution in [3.8, 4) is 0 Å². The Kier molecular flexibility index (Phi) is 4.54. The molecule has 2 unspecified atom stereocenters. The summed E-state index contributed by atoms with van der Waals surface area (Å²) in [7, 11) is 0. The first-order chi connectivity index (χ1) is 8.16. The molecule has 1 fully saturated rings. The first kappa shape index (κ1) is 13.0. The molecule has 94 valence electrons. The lowest BCUT2D eigenvalue weighted by Gasteiger charge is -2.14. The van der Waals surface area contributed by atoms with Gasteiger partial charge in [0.2, 0.25) is 0 Å². The molecule has 2 nitrogen and oxygen atoms in total. The van der Waals surface area contributed by atoms with Crippen LogP contribution in [0.2, 0.25) is 0 Å². The van der Waals surface area contributed by atoms with Gasteiger partial charge in [-0.2, -0.15) is 0 Å². The maximum Gasteiger partial charge on any atom is 0.137 e. The number of ether oxygens (including phenoxy) is 1. The fourth-order valence-corrected chi connectivity index (χ4v) is 2.34. The number of rotatable bonds is 4. The third-order valence-corrected chi connectivity index (χ3v) is 3.90. The van der Waals surface area contributed by atoms with Gasteiger partial charge in [0, 0.05) is 19.7 Å². The summed E-state index contributed by atoms with van der Waals surface area (Å²) in [5.41, 5.74) is 0.970. The highest BCUT2D eigenvalue weighted by Gasteiger charge is 2.23. The van der Waals surface area contributed by atoms with Crippen molar-refractivity contribution in [2.75, 3.05) is 13.2 Å². The van der Waals surface area contributed by atoms with Gasteiger partial charge in [0.05, 0.1) is 10.6 Å². The van der Waals surface area contributed by atoms with Gasteiger partial charge in [0.25, 0.3) is 0 Å². The summed E-state index contributed by atoms with van der Waals surface area (Å²) in [6, 6.07) is 5.23. The lowest BCUT2D eigenvalue weighted by Crippen LogP contribution is -2.26. The minimum atomic E-state index is -0.207. The maximum absolute atomic E-state index is 13.3. The topological polar surface area (TPSA) is 21.3 Å². The molecule has 0 radical (unpaired) electrons. The van der Waals surface area contributed by atoms with Gasteiger partial charge in [0.1, 0.15) is 5.82 Å². The Morgan fingerprint density at radius 2 is 2.35 bits per heavy atom. The summed E-state index contributed by atoms with van der Waals surface area (Å²) >= 11 is 3.15. The first-order valence-corrected chi connectivity index (χ1v) is 6.72. The Hall–Kier alpha value is -0.450. The van der Waals surface area contributed by atoms with E-state index in [0.29, 0.717) is 23.0 Å². The van der Waals surface area contributed by atoms with Gasteiger partial charge in [-0.05, 0) is 52.9 Å². The normalized spacial score (nSPS) is 24.2. The van der Waals surface area contributed by atoms with Crippen LogP contribution in [-0.4, -0.2) is 19.3 Å². The third kappa shape index (κ3) is 3.50. The zero-order chi connectivity index (χ0) is 12.3. The second-order valence-electron chi connectivity index (χ2n) is 4.50. The van der Waals surface area contributed by atoms with Crippen molar-refractivity contribution in [1.29, 1.82) is 0 Å². The van der Waals surface area contributed by atoms with Gasteiger partial charge >= 0.3 is 0 Å². The van der Waals surface area contributed by atoms with Crippen LogP contribution < -0.4 is 5.32 Å². The molecular formula is C13H17BrFNO. The Bertz CT molecular complexity index is 386. The molecule has 1 heterocycles. The Labute approximate surface area is 110 Å². The molecule has 17 heavy (non-hydrogen) atoms.